The minimum absolute atomic E-state index is 0.189. The minimum Gasteiger partial charge on any atom is -0.325 e. The van der Waals surface area contributed by atoms with Crippen LogP contribution in [0.2, 0.25) is 0 Å². The smallest absolute Gasteiger partial charge is 0.0991 e. The van der Waals surface area contributed by atoms with Crippen LogP contribution in [0.25, 0.3) is 0 Å². The second-order valence-corrected chi connectivity index (χ2v) is 5.93. The molecule has 0 atom stereocenters. The molecular weight excluding hydrogens is 236 g/mol. The van der Waals surface area contributed by atoms with Gasteiger partial charge in [0.2, 0.25) is 0 Å². The van der Waals surface area contributed by atoms with Gasteiger partial charge < -0.3 is 5.73 Å². The van der Waals surface area contributed by atoms with Gasteiger partial charge in [-0.05, 0) is 23.5 Å². The van der Waals surface area contributed by atoms with E-state index in [0.717, 1.165) is 17.9 Å². The Hall–Kier alpha value is -1.68. The van der Waals surface area contributed by atoms with Crippen LogP contribution in [0, 0.1) is 6.92 Å². The number of hydrogen-bond acceptors (Lipinski definition) is 3. The fourth-order valence-electron chi connectivity index (χ4n) is 2.02. The molecular formula is C15H22N4. The average Bonchev–Trinajstić information content (AvgIpc) is 2.70. The molecule has 1 aromatic carbocycles. The summed E-state index contributed by atoms with van der Waals surface area (Å²) in [6.45, 7) is 9.84. The molecule has 19 heavy (non-hydrogen) atoms. The Morgan fingerprint density at radius 3 is 2.26 bits per heavy atom. The van der Waals surface area contributed by atoms with Crippen LogP contribution < -0.4 is 5.73 Å². The lowest BCUT2D eigenvalue weighted by Crippen LogP contribution is -2.11. The van der Waals surface area contributed by atoms with Crippen molar-refractivity contribution in [1.29, 1.82) is 0 Å². The molecule has 0 fully saturated rings. The minimum atomic E-state index is 0.189. The Morgan fingerprint density at radius 1 is 1.16 bits per heavy atom. The lowest BCUT2D eigenvalue weighted by atomic mass is 9.87. The molecule has 0 radical (unpaired) electrons. The van der Waals surface area contributed by atoms with E-state index in [4.69, 9.17) is 5.73 Å². The topological polar surface area (TPSA) is 56.7 Å². The Labute approximate surface area is 114 Å². The van der Waals surface area contributed by atoms with Gasteiger partial charge in [0.1, 0.15) is 0 Å². The van der Waals surface area contributed by atoms with Gasteiger partial charge in [-0.15, -0.1) is 5.10 Å². The molecule has 4 nitrogen and oxygen atoms in total. The highest BCUT2D eigenvalue weighted by molar-refractivity contribution is 5.27. The predicted octanol–water partition coefficient (Wildman–Crippen LogP) is 2.39. The van der Waals surface area contributed by atoms with Crippen LogP contribution in [-0.4, -0.2) is 15.0 Å². The van der Waals surface area contributed by atoms with Crippen molar-refractivity contribution in [2.75, 3.05) is 0 Å². The first-order valence-corrected chi connectivity index (χ1v) is 6.60. The molecule has 2 rings (SSSR count). The molecule has 0 spiro atoms. The van der Waals surface area contributed by atoms with Crippen LogP contribution in [0.4, 0.5) is 0 Å². The van der Waals surface area contributed by atoms with Crippen molar-refractivity contribution >= 4 is 0 Å². The third kappa shape index (κ3) is 3.01. The lowest BCUT2D eigenvalue weighted by molar-refractivity contribution is 0.588. The van der Waals surface area contributed by atoms with Crippen LogP contribution >= 0.6 is 0 Å². The molecule has 4 heteroatoms. The van der Waals surface area contributed by atoms with Crippen LogP contribution in [-0.2, 0) is 18.5 Å². The summed E-state index contributed by atoms with van der Waals surface area (Å²) in [6.07, 6.45) is 0. The second kappa shape index (κ2) is 5.13. The van der Waals surface area contributed by atoms with Crippen molar-refractivity contribution in [2.24, 2.45) is 5.73 Å². The molecule has 102 valence electrons. The van der Waals surface area contributed by atoms with Gasteiger partial charge in [0, 0.05) is 6.54 Å². The molecule has 2 N–H and O–H groups in total. The summed E-state index contributed by atoms with van der Waals surface area (Å²) >= 11 is 0. The van der Waals surface area contributed by atoms with Crippen molar-refractivity contribution in [3.8, 4) is 0 Å². The number of benzene rings is 1. The summed E-state index contributed by atoms with van der Waals surface area (Å²) in [5, 5.41) is 8.21. The maximum Gasteiger partial charge on any atom is 0.0991 e. The van der Waals surface area contributed by atoms with Gasteiger partial charge >= 0.3 is 0 Å². The third-order valence-electron chi connectivity index (χ3n) is 3.42. The largest absolute Gasteiger partial charge is 0.325 e. The van der Waals surface area contributed by atoms with Gasteiger partial charge in [-0.25, -0.2) is 4.68 Å². The molecule has 0 saturated heterocycles. The number of nitrogens with two attached hydrogens (primary N) is 1. The maximum absolute atomic E-state index is 5.61. The normalized spacial score (nSPS) is 11.8. The summed E-state index contributed by atoms with van der Waals surface area (Å²) in [7, 11) is 0. The van der Waals surface area contributed by atoms with Gasteiger partial charge in [0.05, 0.1) is 17.9 Å². The Morgan fingerprint density at radius 2 is 1.79 bits per heavy atom. The summed E-state index contributed by atoms with van der Waals surface area (Å²) < 4.78 is 1.90. The fraction of sp³-hybridized carbons (Fsp3) is 0.467. The average molecular weight is 258 g/mol. The van der Waals surface area contributed by atoms with Crippen molar-refractivity contribution in [3.05, 3.63) is 46.8 Å². The zero-order valence-electron chi connectivity index (χ0n) is 12.1. The molecule has 0 aliphatic heterocycles. The molecule has 0 bridgehead atoms. The van der Waals surface area contributed by atoms with E-state index in [-0.39, 0.29) is 5.41 Å². The Balaban J connectivity index is 2.17. The van der Waals surface area contributed by atoms with Gasteiger partial charge in [-0.1, -0.05) is 50.3 Å². The first-order chi connectivity index (χ1) is 8.91. The monoisotopic (exact) mass is 258 g/mol. The highest BCUT2D eigenvalue weighted by Crippen LogP contribution is 2.22. The quantitative estimate of drug-likeness (QED) is 0.919. The number of aromatic nitrogens is 3. The number of hydrogen-bond donors (Lipinski definition) is 1. The SMILES string of the molecule is Cc1c(CN)nnn1Cc1ccc(C(C)(C)C)cc1. The molecule has 0 amide bonds. The van der Waals surface area contributed by atoms with E-state index < -0.39 is 0 Å². The third-order valence-corrected chi connectivity index (χ3v) is 3.42. The molecule has 2 aromatic rings. The van der Waals surface area contributed by atoms with Gasteiger partial charge in [-0.2, -0.15) is 0 Å². The Kier molecular flexibility index (Phi) is 3.71. The highest BCUT2D eigenvalue weighted by atomic mass is 15.4. The molecule has 0 saturated carbocycles. The Bertz CT molecular complexity index is 547. The first kappa shape index (κ1) is 13.7. The van der Waals surface area contributed by atoms with Gasteiger partial charge in [0.15, 0.2) is 0 Å². The van der Waals surface area contributed by atoms with Crippen molar-refractivity contribution < 1.29 is 0 Å². The summed E-state index contributed by atoms with van der Waals surface area (Å²) in [4.78, 5) is 0. The first-order valence-electron chi connectivity index (χ1n) is 6.60. The molecule has 1 aromatic heterocycles. The zero-order chi connectivity index (χ0) is 14.0. The molecule has 1 heterocycles. The van der Waals surface area contributed by atoms with E-state index in [1.807, 2.05) is 11.6 Å². The molecule has 0 aliphatic carbocycles. The van der Waals surface area contributed by atoms with Crippen LogP contribution in [0.1, 0.15) is 43.3 Å². The molecule has 0 aliphatic rings. The zero-order valence-corrected chi connectivity index (χ0v) is 12.1. The van der Waals surface area contributed by atoms with E-state index in [9.17, 15) is 0 Å². The standard InChI is InChI=1S/C15H22N4/c1-11-14(9-16)17-18-19(11)10-12-5-7-13(8-6-12)15(2,3)4/h5-8H,9-10,16H2,1-4H3. The second-order valence-electron chi connectivity index (χ2n) is 5.93. The van der Waals surface area contributed by atoms with E-state index >= 15 is 0 Å². The number of rotatable bonds is 3. The van der Waals surface area contributed by atoms with Crippen molar-refractivity contribution in [3.63, 3.8) is 0 Å². The van der Waals surface area contributed by atoms with Gasteiger partial charge in [-0.3, -0.25) is 0 Å². The lowest BCUT2D eigenvalue weighted by Gasteiger charge is -2.19. The number of nitrogens with zero attached hydrogens (tertiary/aromatic N) is 3. The highest BCUT2D eigenvalue weighted by Gasteiger charge is 2.13. The van der Waals surface area contributed by atoms with E-state index in [2.05, 4.69) is 55.3 Å². The van der Waals surface area contributed by atoms with Crippen molar-refractivity contribution in [1.82, 2.24) is 15.0 Å². The van der Waals surface area contributed by atoms with Crippen LogP contribution in [0.15, 0.2) is 24.3 Å². The van der Waals surface area contributed by atoms with E-state index in [1.54, 1.807) is 0 Å². The van der Waals surface area contributed by atoms with Crippen molar-refractivity contribution in [2.45, 2.75) is 46.2 Å². The summed E-state index contributed by atoms with van der Waals surface area (Å²) in [5.74, 6) is 0. The fourth-order valence-corrected chi connectivity index (χ4v) is 2.02. The van der Waals surface area contributed by atoms with Crippen LogP contribution in [0.5, 0.6) is 0 Å². The maximum atomic E-state index is 5.61. The summed E-state index contributed by atoms with van der Waals surface area (Å²) in [6, 6.07) is 8.69. The van der Waals surface area contributed by atoms with Gasteiger partial charge in [0.25, 0.3) is 0 Å². The molecule has 0 unspecified atom stereocenters. The summed E-state index contributed by atoms with van der Waals surface area (Å²) in [5.41, 5.74) is 10.3. The van der Waals surface area contributed by atoms with E-state index in [1.165, 1.54) is 11.1 Å². The van der Waals surface area contributed by atoms with E-state index in [0.29, 0.717) is 6.54 Å². The van der Waals surface area contributed by atoms with Crippen LogP contribution in [0.3, 0.4) is 0 Å². The predicted molar refractivity (Wildman–Crippen MR) is 76.9 cm³/mol.